The van der Waals surface area contributed by atoms with Gasteiger partial charge in [0.05, 0.1) is 18.5 Å². The van der Waals surface area contributed by atoms with E-state index >= 15 is 0 Å². The number of ether oxygens (including phenoxy) is 1. The molecule has 3 nitrogen and oxygen atoms in total. The molecule has 0 aliphatic rings. The Bertz CT molecular complexity index is 584. The lowest BCUT2D eigenvalue weighted by atomic mass is 10.2. The molecule has 0 radical (unpaired) electrons. The van der Waals surface area contributed by atoms with Gasteiger partial charge in [-0.3, -0.25) is 4.98 Å². The predicted molar refractivity (Wildman–Crippen MR) is 79.0 cm³/mol. The number of methoxy groups -OCH3 is 1. The molecule has 0 amide bonds. The van der Waals surface area contributed by atoms with Crippen molar-refractivity contribution in [3.05, 3.63) is 52.3 Å². The lowest BCUT2D eigenvalue weighted by molar-refractivity contribution is 0.410. The number of aromatic nitrogens is 1. The van der Waals surface area contributed by atoms with E-state index in [0.717, 1.165) is 28.4 Å². The monoisotopic (exact) mass is 276 g/mol. The highest BCUT2D eigenvalue weighted by Crippen LogP contribution is 2.27. The number of halogens is 1. The molecule has 0 saturated carbocycles. The molecule has 0 aliphatic carbocycles. The van der Waals surface area contributed by atoms with Crippen molar-refractivity contribution in [3.8, 4) is 5.75 Å². The first kappa shape index (κ1) is 13.7. The molecule has 2 rings (SSSR count). The maximum Gasteiger partial charge on any atom is 0.125 e. The van der Waals surface area contributed by atoms with Crippen molar-refractivity contribution in [1.82, 2.24) is 4.98 Å². The number of hydrogen-bond acceptors (Lipinski definition) is 3. The van der Waals surface area contributed by atoms with Gasteiger partial charge in [-0.2, -0.15) is 0 Å². The molecule has 2 aromatic rings. The number of hydrogen-bond donors (Lipinski definition) is 1. The summed E-state index contributed by atoms with van der Waals surface area (Å²) >= 11 is 6.20. The van der Waals surface area contributed by atoms with Crippen LogP contribution in [0.3, 0.4) is 0 Å². The largest absolute Gasteiger partial charge is 0.496 e. The van der Waals surface area contributed by atoms with Crippen LogP contribution < -0.4 is 10.1 Å². The second-order valence-electron chi connectivity index (χ2n) is 4.36. The van der Waals surface area contributed by atoms with Crippen LogP contribution in [0.5, 0.6) is 5.75 Å². The van der Waals surface area contributed by atoms with Crippen molar-refractivity contribution in [1.29, 1.82) is 0 Å². The van der Waals surface area contributed by atoms with Gasteiger partial charge in [0, 0.05) is 22.8 Å². The second kappa shape index (κ2) is 5.93. The van der Waals surface area contributed by atoms with Crippen LogP contribution in [0, 0.1) is 13.8 Å². The van der Waals surface area contributed by atoms with E-state index in [1.165, 1.54) is 0 Å². The molecule has 1 N–H and O–H groups in total. The third-order valence-corrected chi connectivity index (χ3v) is 3.33. The number of rotatable bonds is 4. The van der Waals surface area contributed by atoms with Gasteiger partial charge in [0.2, 0.25) is 0 Å². The molecule has 1 heterocycles. The smallest absolute Gasteiger partial charge is 0.125 e. The highest BCUT2D eigenvalue weighted by Gasteiger charge is 2.08. The highest BCUT2D eigenvalue weighted by molar-refractivity contribution is 6.31. The predicted octanol–water partition coefficient (Wildman–Crippen LogP) is 3.97. The SMILES string of the molecule is COc1cccc(Cl)c1CNc1ccc(C)nc1C. The van der Waals surface area contributed by atoms with Gasteiger partial charge in [-0.25, -0.2) is 0 Å². The zero-order valence-electron chi connectivity index (χ0n) is 11.3. The maximum atomic E-state index is 6.20. The molecule has 1 aromatic carbocycles. The third kappa shape index (κ3) is 3.18. The van der Waals surface area contributed by atoms with Crippen LogP contribution in [0.2, 0.25) is 5.02 Å². The van der Waals surface area contributed by atoms with Gasteiger partial charge < -0.3 is 10.1 Å². The quantitative estimate of drug-likeness (QED) is 0.917. The molecule has 0 fully saturated rings. The number of nitrogens with one attached hydrogen (secondary N) is 1. The van der Waals surface area contributed by atoms with Gasteiger partial charge in [0.25, 0.3) is 0 Å². The number of aryl methyl sites for hydroxylation is 2. The molecule has 4 heteroatoms. The maximum absolute atomic E-state index is 6.20. The number of nitrogens with zero attached hydrogens (tertiary/aromatic N) is 1. The summed E-state index contributed by atoms with van der Waals surface area (Å²) in [6, 6.07) is 9.66. The standard InChI is InChI=1S/C15H17ClN2O/c1-10-7-8-14(11(2)18-10)17-9-12-13(16)5-4-6-15(12)19-3/h4-8,17H,9H2,1-3H3. The van der Waals surface area contributed by atoms with Crippen LogP contribution in [0.25, 0.3) is 0 Å². The minimum Gasteiger partial charge on any atom is -0.496 e. The van der Waals surface area contributed by atoms with Gasteiger partial charge in [0.1, 0.15) is 5.75 Å². The van der Waals surface area contributed by atoms with Gasteiger partial charge >= 0.3 is 0 Å². The van der Waals surface area contributed by atoms with E-state index < -0.39 is 0 Å². The fourth-order valence-corrected chi connectivity index (χ4v) is 2.19. The molecule has 0 saturated heterocycles. The molecule has 0 unspecified atom stereocenters. The van der Waals surface area contributed by atoms with Crippen LogP contribution >= 0.6 is 11.6 Å². The highest BCUT2D eigenvalue weighted by atomic mass is 35.5. The first-order valence-corrected chi connectivity index (χ1v) is 6.49. The van der Waals surface area contributed by atoms with Gasteiger partial charge in [-0.15, -0.1) is 0 Å². The summed E-state index contributed by atoms with van der Waals surface area (Å²) in [5.41, 5.74) is 3.95. The Morgan fingerprint density at radius 1 is 1.21 bits per heavy atom. The zero-order valence-corrected chi connectivity index (χ0v) is 12.1. The summed E-state index contributed by atoms with van der Waals surface area (Å²) in [6.07, 6.45) is 0. The fourth-order valence-electron chi connectivity index (χ4n) is 1.96. The van der Waals surface area contributed by atoms with Crippen molar-refractivity contribution in [3.63, 3.8) is 0 Å². The fraction of sp³-hybridized carbons (Fsp3) is 0.267. The van der Waals surface area contributed by atoms with E-state index in [-0.39, 0.29) is 0 Å². The Kier molecular flexibility index (Phi) is 4.27. The molecule has 1 aromatic heterocycles. The van der Waals surface area contributed by atoms with Gasteiger partial charge in [-0.1, -0.05) is 17.7 Å². The van der Waals surface area contributed by atoms with Crippen LogP contribution in [-0.4, -0.2) is 12.1 Å². The average molecular weight is 277 g/mol. The molecule has 0 spiro atoms. The van der Waals surface area contributed by atoms with Crippen LogP contribution in [0.1, 0.15) is 17.0 Å². The normalized spacial score (nSPS) is 10.3. The zero-order chi connectivity index (χ0) is 13.8. The Morgan fingerprint density at radius 2 is 2.00 bits per heavy atom. The Balaban J connectivity index is 2.19. The van der Waals surface area contributed by atoms with Crippen molar-refractivity contribution >= 4 is 17.3 Å². The topological polar surface area (TPSA) is 34.1 Å². The first-order valence-electron chi connectivity index (χ1n) is 6.11. The van der Waals surface area contributed by atoms with Crippen molar-refractivity contribution in [2.75, 3.05) is 12.4 Å². The van der Waals surface area contributed by atoms with E-state index in [1.54, 1.807) is 7.11 Å². The molecule has 0 atom stereocenters. The van der Waals surface area contributed by atoms with E-state index in [1.807, 2.05) is 44.2 Å². The van der Waals surface area contributed by atoms with E-state index in [0.29, 0.717) is 11.6 Å². The van der Waals surface area contributed by atoms with Gasteiger partial charge in [-0.05, 0) is 38.1 Å². The van der Waals surface area contributed by atoms with Crippen LogP contribution in [0.4, 0.5) is 5.69 Å². The van der Waals surface area contributed by atoms with Crippen molar-refractivity contribution in [2.24, 2.45) is 0 Å². The number of benzene rings is 1. The number of pyridine rings is 1. The summed E-state index contributed by atoms with van der Waals surface area (Å²) in [5, 5.41) is 4.04. The van der Waals surface area contributed by atoms with E-state index in [4.69, 9.17) is 16.3 Å². The van der Waals surface area contributed by atoms with E-state index in [2.05, 4.69) is 10.3 Å². The molecular formula is C15H17ClN2O. The van der Waals surface area contributed by atoms with E-state index in [9.17, 15) is 0 Å². The molecular weight excluding hydrogens is 260 g/mol. The van der Waals surface area contributed by atoms with Crippen molar-refractivity contribution in [2.45, 2.75) is 20.4 Å². The number of anilines is 1. The first-order chi connectivity index (χ1) is 9.11. The molecule has 19 heavy (non-hydrogen) atoms. The van der Waals surface area contributed by atoms with Crippen molar-refractivity contribution < 1.29 is 4.74 Å². The molecule has 0 bridgehead atoms. The summed E-state index contributed by atoms with van der Waals surface area (Å²) in [5.74, 6) is 0.790. The minimum atomic E-state index is 0.606. The minimum absolute atomic E-state index is 0.606. The van der Waals surface area contributed by atoms with Gasteiger partial charge in [0.15, 0.2) is 0 Å². The van der Waals surface area contributed by atoms with Crippen LogP contribution in [-0.2, 0) is 6.54 Å². The summed E-state index contributed by atoms with van der Waals surface area (Å²) in [4.78, 5) is 4.42. The summed E-state index contributed by atoms with van der Waals surface area (Å²) in [7, 11) is 1.65. The Labute approximate surface area is 118 Å². The summed E-state index contributed by atoms with van der Waals surface area (Å²) in [6.45, 7) is 4.57. The Morgan fingerprint density at radius 3 is 2.68 bits per heavy atom. The lowest BCUT2D eigenvalue weighted by Crippen LogP contribution is -2.04. The molecule has 0 aliphatic heterocycles. The second-order valence-corrected chi connectivity index (χ2v) is 4.77. The lowest BCUT2D eigenvalue weighted by Gasteiger charge is -2.13. The average Bonchev–Trinajstić information content (AvgIpc) is 2.39. The van der Waals surface area contributed by atoms with Crippen LogP contribution in [0.15, 0.2) is 30.3 Å². The molecule has 100 valence electrons. The third-order valence-electron chi connectivity index (χ3n) is 2.98. The Hall–Kier alpha value is -1.74. The summed E-state index contributed by atoms with van der Waals surface area (Å²) < 4.78 is 5.32.